The van der Waals surface area contributed by atoms with Crippen molar-refractivity contribution in [2.24, 2.45) is 4.99 Å². The number of anilines is 2. The van der Waals surface area contributed by atoms with E-state index in [-0.39, 0.29) is 0 Å². The lowest BCUT2D eigenvalue weighted by Gasteiger charge is -2.29. The molecular formula is C18H19N3O. The van der Waals surface area contributed by atoms with Crippen molar-refractivity contribution in [1.29, 1.82) is 0 Å². The maximum atomic E-state index is 5.94. The highest BCUT2D eigenvalue weighted by atomic mass is 16.5. The molecule has 4 nitrogen and oxygen atoms in total. The van der Waals surface area contributed by atoms with Crippen LogP contribution in [0.2, 0.25) is 0 Å². The Morgan fingerprint density at radius 2 is 1.91 bits per heavy atom. The highest BCUT2D eigenvalue weighted by Gasteiger charge is 2.19. The first kappa shape index (κ1) is 13.3. The number of rotatable bonds is 2. The molecule has 4 rings (SSSR count). The van der Waals surface area contributed by atoms with E-state index in [1.165, 1.54) is 16.8 Å². The molecule has 2 aliphatic heterocycles. The zero-order valence-electron chi connectivity index (χ0n) is 12.5. The van der Waals surface area contributed by atoms with Crippen LogP contribution in [0.5, 0.6) is 0 Å². The summed E-state index contributed by atoms with van der Waals surface area (Å²) in [6.45, 7) is 4.22. The van der Waals surface area contributed by atoms with E-state index in [0.717, 1.165) is 49.8 Å². The Hall–Kier alpha value is -2.33. The summed E-state index contributed by atoms with van der Waals surface area (Å²) >= 11 is 0. The molecule has 1 fully saturated rings. The standard InChI is InChI=1S/C18H19N3O/c19-15-5-4-14-12-20-18(17(14)11-15)13-2-1-3-16(10-13)21-6-8-22-9-7-21/h1-5,10-11H,6-9,12,19H2. The van der Waals surface area contributed by atoms with E-state index in [1.54, 1.807) is 0 Å². The fourth-order valence-corrected chi connectivity index (χ4v) is 3.12. The first-order valence-corrected chi connectivity index (χ1v) is 7.67. The summed E-state index contributed by atoms with van der Waals surface area (Å²) in [5.41, 5.74) is 12.6. The minimum absolute atomic E-state index is 0.743. The van der Waals surface area contributed by atoms with Gasteiger partial charge in [-0.2, -0.15) is 0 Å². The fraction of sp³-hybridized carbons (Fsp3) is 0.278. The first-order chi connectivity index (χ1) is 10.8. The molecule has 2 heterocycles. The highest BCUT2D eigenvalue weighted by Crippen LogP contribution is 2.27. The summed E-state index contributed by atoms with van der Waals surface area (Å²) in [4.78, 5) is 7.08. The second kappa shape index (κ2) is 5.46. The molecule has 0 aromatic heterocycles. The van der Waals surface area contributed by atoms with Gasteiger partial charge in [-0.15, -0.1) is 0 Å². The Morgan fingerprint density at radius 3 is 2.77 bits per heavy atom. The van der Waals surface area contributed by atoms with Gasteiger partial charge in [-0.1, -0.05) is 18.2 Å². The largest absolute Gasteiger partial charge is 0.399 e. The molecule has 2 aliphatic rings. The van der Waals surface area contributed by atoms with Crippen LogP contribution in [0.4, 0.5) is 11.4 Å². The number of nitrogens with zero attached hydrogens (tertiary/aromatic N) is 2. The molecule has 0 radical (unpaired) electrons. The van der Waals surface area contributed by atoms with E-state index in [9.17, 15) is 0 Å². The molecule has 1 saturated heterocycles. The van der Waals surface area contributed by atoms with Crippen LogP contribution in [-0.4, -0.2) is 32.0 Å². The smallest absolute Gasteiger partial charge is 0.0728 e. The van der Waals surface area contributed by atoms with Crippen molar-refractivity contribution in [2.45, 2.75) is 6.54 Å². The van der Waals surface area contributed by atoms with Gasteiger partial charge in [0.15, 0.2) is 0 Å². The van der Waals surface area contributed by atoms with E-state index in [2.05, 4.69) is 35.2 Å². The quantitative estimate of drug-likeness (QED) is 0.865. The number of nitrogens with two attached hydrogens (primary N) is 1. The maximum Gasteiger partial charge on any atom is 0.0728 e. The summed E-state index contributed by atoms with van der Waals surface area (Å²) in [7, 11) is 0. The molecule has 2 aromatic carbocycles. The van der Waals surface area contributed by atoms with Gasteiger partial charge in [-0.25, -0.2) is 0 Å². The van der Waals surface area contributed by atoms with Gasteiger partial charge in [0.2, 0.25) is 0 Å². The zero-order chi connectivity index (χ0) is 14.9. The summed E-state index contributed by atoms with van der Waals surface area (Å²) in [6.07, 6.45) is 0. The van der Waals surface area contributed by atoms with E-state index in [4.69, 9.17) is 15.5 Å². The number of aliphatic imine (C=N–C) groups is 1. The van der Waals surface area contributed by atoms with Crippen molar-refractivity contribution in [1.82, 2.24) is 0 Å². The zero-order valence-corrected chi connectivity index (χ0v) is 12.5. The topological polar surface area (TPSA) is 50.8 Å². The molecule has 0 amide bonds. The van der Waals surface area contributed by atoms with E-state index in [0.29, 0.717) is 0 Å². The Kier molecular flexibility index (Phi) is 3.31. The second-order valence-electron chi connectivity index (χ2n) is 5.73. The van der Waals surface area contributed by atoms with Crippen LogP contribution < -0.4 is 10.6 Å². The maximum absolute atomic E-state index is 5.94. The number of fused-ring (bicyclic) bond motifs is 1. The molecule has 22 heavy (non-hydrogen) atoms. The minimum atomic E-state index is 0.743. The van der Waals surface area contributed by atoms with E-state index >= 15 is 0 Å². The lowest BCUT2D eigenvalue weighted by molar-refractivity contribution is 0.122. The molecule has 0 saturated carbocycles. The first-order valence-electron chi connectivity index (χ1n) is 7.67. The van der Waals surface area contributed by atoms with Gasteiger partial charge in [0, 0.05) is 35.6 Å². The minimum Gasteiger partial charge on any atom is -0.399 e. The second-order valence-corrected chi connectivity index (χ2v) is 5.73. The van der Waals surface area contributed by atoms with Crippen molar-refractivity contribution in [2.75, 3.05) is 36.9 Å². The summed E-state index contributed by atoms with van der Waals surface area (Å²) in [5, 5.41) is 0. The van der Waals surface area contributed by atoms with Crippen molar-refractivity contribution in [3.8, 4) is 0 Å². The van der Waals surface area contributed by atoms with Crippen molar-refractivity contribution in [3.05, 3.63) is 59.2 Å². The number of ether oxygens (including phenoxy) is 1. The van der Waals surface area contributed by atoms with Gasteiger partial charge >= 0.3 is 0 Å². The van der Waals surface area contributed by atoms with Crippen LogP contribution in [0.3, 0.4) is 0 Å². The van der Waals surface area contributed by atoms with E-state index < -0.39 is 0 Å². The Morgan fingerprint density at radius 1 is 1.05 bits per heavy atom. The molecular weight excluding hydrogens is 274 g/mol. The van der Waals surface area contributed by atoms with Crippen molar-refractivity contribution >= 4 is 17.1 Å². The Labute approximate surface area is 130 Å². The lowest BCUT2D eigenvalue weighted by atomic mass is 9.99. The van der Waals surface area contributed by atoms with Gasteiger partial charge in [0.05, 0.1) is 25.5 Å². The van der Waals surface area contributed by atoms with Gasteiger partial charge in [0.1, 0.15) is 0 Å². The van der Waals surface area contributed by atoms with E-state index in [1.807, 2.05) is 12.1 Å². The number of benzene rings is 2. The molecule has 112 valence electrons. The average Bonchev–Trinajstić information content (AvgIpc) is 2.99. The molecule has 2 aromatic rings. The molecule has 0 bridgehead atoms. The molecule has 0 aliphatic carbocycles. The normalized spacial score (nSPS) is 17.3. The summed E-state index contributed by atoms with van der Waals surface area (Å²) < 4.78 is 5.43. The van der Waals surface area contributed by atoms with Crippen LogP contribution >= 0.6 is 0 Å². The van der Waals surface area contributed by atoms with Crippen molar-refractivity contribution < 1.29 is 4.74 Å². The van der Waals surface area contributed by atoms with Gasteiger partial charge in [0.25, 0.3) is 0 Å². The summed E-state index contributed by atoms with van der Waals surface area (Å²) in [6, 6.07) is 14.7. The third-order valence-corrected chi connectivity index (χ3v) is 4.29. The summed E-state index contributed by atoms with van der Waals surface area (Å²) in [5.74, 6) is 0. The highest BCUT2D eigenvalue weighted by molar-refractivity contribution is 6.15. The number of hydrogen-bond acceptors (Lipinski definition) is 4. The monoisotopic (exact) mass is 293 g/mol. The molecule has 0 unspecified atom stereocenters. The Balaban J connectivity index is 1.68. The lowest BCUT2D eigenvalue weighted by Crippen LogP contribution is -2.36. The van der Waals surface area contributed by atoms with Crippen LogP contribution in [0, 0.1) is 0 Å². The predicted octanol–water partition coefficient (Wildman–Crippen LogP) is 2.46. The Bertz CT molecular complexity index is 733. The predicted molar refractivity (Wildman–Crippen MR) is 89.7 cm³/mol. The third kappa shape index (κ3) is 2.35. The van der Waals surface area contributed by atoms with Gasteiger partial charge in [-0.05, 0) is 29.8 Å². The van der Waals surface area contributed by atoms with Crippen LogP contribution in [0.15, 0.2) is 47.5 Å². The number of morpholine rings is 1. The SMILES string of the molecule is Nc1ccc2c(c1)C(c1cccc(N3CCOCC3)c1)=NC2. The fourth-order valence-electron chi connectivity index (χ4n) is 3.12. The number of nitrogen functional groups attached to an aromatic ring is 1. The van der Waals surface area contributed by atoms with Gasteiger partial charge in [-0.3, -0.25) is 4.99 Å². The van der Waals surface area contributed by atoms with Gasteiger partial charge < -0.3 is 15.4 Å². The molecule has 2 N–H and O–H groups in total. The van der Waals surface area contributed by atoms with Crippen LogP contribution in [0.1, 0.15) is 16.7 Å². The van der Waals surface area contributed by atoms with Crippen LogP contribution in [0.25, 0.3) is 0 Å². The molecule has 0 atom stereocenters. The van der Waals surface area contributed by atoms with Crippen LogP contribution in [-0.2, 0) is 11.3 Å². The molecule has 4 heteroatoms. The number of hydrogen-bond donors (Lipinski definition) is 1. The van der Waals surface area contributed by atoms with Crippen molar-refractivity contribution in [3.63, 3.8) is 0 Å². The average molecular weight is 293 g/mol. The molecule has 0 spiro atoms. The third-order valence-electron chi connectivity index (χ3n) is 4.29.